The molecule has 0 aliphatic heterocycles. The van der Waals surface area contributed by atoms with E-state index in [1.165, 1.54) is 11.3 Å². The predicted molar refractivity (Wildman–Crippen MR) is 77.7 cm³/mol. The summed E-state index contributed by atoms with van der Waals surface area (Å²) < 4.78 is 0. The SMILES string of the molecule is CNc1nnc(C(=O)N(CCO)Cc2ccccc2)s1. The molecule has 1 aromatic heterocycles. The second-order valence-corrected chi connectivity index (χ2v) is 5.08. The number of nitrogens with zero attached hydrogens (tertiary/aromatic N) is 3. The van der Waals surface area contributed by atoms with E-state index in [1.807, 2.05) is 30.3 Å². The van der Waals surface area contributed by atoms with E-state index in [4.69, 9.17) is 5.11 Å². The highest BCUT2D eigenvalue weighted by Crippen LogP contribution is 2.17. The van der Waals surface area contributed by atoms with Crippen LogP contribution in [-0.4, -0.2) is 46.3 Å². The van der Waals surface area contributed by atoms with Gasteiger partial charge in [-0.3, -0.25) is 4.79 Å². The summed E-state index contributed by atoms with van der Waals surface area (Å²) in [5, 5.41) is 20.6. The maximum Gasteiger partial charge on any atom is 0.285 e. The Bertz CT molecular complexity index is 559. The van der Waals surface area contributed by atoms with Crippen molar-refractivity contribution in [1.29, 1.82) is 0 Å². The summed E-state index contributed by atoms with van der Waals surface area (Å²) in [5.74, 6) is -0.220. The summed E-state index contributed by atoms with van der Waals surface area (Å²) in [6.07, 6.45) is 0. The molecule has 106 valence electrons. The van der Waals surface area contributed by atoms with E-state index in [-0.39, 0.29) is 19.1 Å². The average Bonchev–Trinajstić information content (AvgIpc) is 2.96. The van der Waals surface area contributed by atoms with Crippen molar-refractivity contribution in [3.8, 4) is 0 Å². The van der Waals surface area contributed by atoms with Crippen LogP contribution < -0.4 is 5.32 Å². The van der Waals surface area contributed by atoms with E-state index in [0.29, 0.717) is 16.7 Å². The molecular weight excluding hydrogens is 276 g/mol. The van der Waals surface area contributed by atoms with Crippen LogP contribution >= 0.6 is 11.3 Å². The number of carbonyl (C=O) groups excluding carboxylic acids is 1. The summed E-state index contributed by atoms with van der Waals surface area (Å²) >= 11 is 1.20. The minimum atomic E-state index is -0.220. The monoisotopic (exact) mass is 292 g/mol. The zero-order valence-electron chi connectivity index (χ0n) is 11.1. The van der Waals surface area contributed by atoms with Crippen molar-refractivity contribution in [2.24, 2.45) is 0 Å². The molecule has 1 amide bonds. The molecule has 0 aliphatic carbocycles. The molecule has 1 heterocycles. The first kappa shape index (κ1) is 14.4. The largest absolute Gasteiger partial charge is 0.395 e. The van der Waals surface area contributed by atoms with Crippen molar-refractivity contribution in [1.82, 2.24) is 15.1 Å². The summed E-state index contributed by atoms with van der Waals surface area (Å²) in [6.45, 7) is 0.618. The van der Waals surface area contributed by atoms with Gasteiger partial charge in [0, 0.05) is 20.1 Å². The zero-order chi connectivity index (χ0) is 14.4. The fourth-order valence-corrected chi connectivity index (χ4v) is 2.39. The third-order valence-corrected chi connectivity index (χ3v) is 3.62. The number of benzene rings is 1. The molecule has 0 saturated heterocycles. The number of hydrogen-bond acceptors (Lipinski definition) is 6. The fraction of sp³-hybridized carbons (Fsp3) is 0.308. The molecule has 0 atom stereocenters. The van der Waals surface area contributed by atoms with Gasteiger partial charge >= 0.3 is 0 Å². The van der Waals surface area contributed by atoms with Gasteiger partial charge in [0.05, 0.1) is 6.61 Å². The van der Waals surface area contributed by atoms with Crippen LogP contribution in [0.1, 0.15) is 15.4 Å². The van der Waals surface area contributed by atoms with E-state index in [2.05, 4.69) is 15.5 Å². The Morgan fingerprint density at radius 1 is 1.35 bits per heavy atom. The number of hydrogen-bond donors (Lipinski definition) is 2. The van der Waals surface area contributed by atoms with Gasteiger partial charge in [-0.2, -0.15) is 0 Å². The number of carbonyl (C=O) groups is 1. The Morgan fingerprint density at radius 2 is 2.10 bits per heavy atom. The summed E-state index contributed by atoms with van der Waals surface area (Å²) in [4.78, 5) is 13.9. The molecule has 0 aliphatic rings. The highest BCUT2D eigenvalue weighted by Gasteiger charge is 2.20. The van der Waals surface area contributed by atoms with Crippen LogP contribution in [0, 0.1) is 0 Å². The zero-order valence-corrected chi connectivity index (χ0v) is 11.9. The smallest absolute Gasteiger partial charge is 0.285 e. The second kappa shape index (κ2) is 6.97. The van der Waals surface area contributed by atoms with Crippen molar-refractivity contribution in [2.45, 2.75) is 6.54 Å². The summed E-state index contributed by atoms with van der Waals surface area (Å²) in [7, 11) is 1.73. The minimum absolute atomic E-state index is 0.0870. The van der Waals surface area contributed by atoms with Crippen molar-refractivity contribution >= 4 is 22.4 Å². The quantitative estimate of drug-likeness (QED) is 0.837. The lowest BCUT2D eigenvalue weighted by molar-refractivity contribution is 0.0706. The highest BCUT2D eigenvalue weighted by atomic mass is 32.1. The molecule has 0 fully saturated rings. The molecule has 0 saturated carbocycles. The maximum absolute atomic E-state index is 12.4. The van der Waals surface area contributed by atoms with Crippen LogP contribution in [0.2, 0.25) is 0 Å². The number of aliphatic hydroxyl groups is 1. The van der Waals surface area contributed by atoms with Crippen LogP contribution in [0.15, 0.2) is 30.3 Å². The Hall–Kier alpha value is -1.99. The second-order valence-electron chi connectivity index (χ2n) is 4.10. The summed E-state index contributed by atoms with van der Waals surface area (Å²) in [5.41, 5.74) is 1.01. The Morgan fingerprint density at radius 3 is 2.70 bits per heavy atom. The first-order valence-electron chi connectivity index (χ1n) is 6.20. The molecule has 0 bridgehead atoms. The van der Waals surface area contributed by atoms with Gasteiger partial charge in [-0.15, -0.1) is 10.2 Å². The number of rotatable bonds is 6. The average molecular weight is 292 g/mol. The first-order valence-corrected chi connectivity index (χ1v) is 7.01. The molecule has 1 aromatic carbocycles. The van der Waals surface area contributed by atoms with E-state index >= 15 is 0 Å². The van der Waals surface area contributed by atoms with Crippen LogP contribution in [0.4, 0.5) is 5.13 Å². The molecule has 7 heteroatoms. The maximum atomic E-state index is 12.4. The molecule has 2 aromatic rings. The third-order valence-electron chi connectivity index (χ3n) is 2.70. The Kier molecular flexibility index (Phi) is 5.03. The standard InChI is InChI=1S/C13H16N4O2S/c1-14-13-16-15-11(20-13)12(19)17(7-8-18)9-10-5-3-2-4-6-10/h2-6,18H,7-9H2,1H3,(H,14,16). The number of amides is 1. The van der Waals surface area contributed by atoms with Gasteiger partial charge in [-0.05, 0) is 5.56 Å². The van der Waals surface area contributed by atoms with Gasteiger partial charge in [0.15, 0.2) is 0 Å². The number of nitrogens with one attached hydrogen (secondary N) is 1. The van der Waals surface area contributed by atoms with Crippen molar-refractivity contribution in [3.05, 3.63) is 40.9 Å². The normalized spacial score (nSPS) is 10.3. The highest BCUT2D eigenvalue weighted by molar-refractivity contribution is 7.17. The molecule has 2 rings (SSSR count). The minimum Gasteiger partial charge on any atom is -0.395 e. The van der Waals surface area contributed by atoms with Crippen LogP contribution in [0.25, 0.3) is 0 Å². The van der Waals surface area contributed by atoms with Gasteiger partial charge in [0.1, 0.15) is 0 Å². The van der Waals surface area contributed by atoms with Crippen LogP contribution in [-0.2, 0) is 6.54 Å². The van der Waals surface area contributed by atoms with Gasteiger partial charge in [-0.25, -0.2) is 0 Å². The van der Waals surface area contributed by atoms with Crippen molar-refractivity contribution in [2.75, 3.05) is 25.5 Å². The first-order chi connectivity index (χ1) is 9.74. The molecule has 0 radical (unpaired) electrons. The predicted octanol–water partition coefficient (Wildman–Crippen LogP) is 1.21. The molecular formula is C13H16N4O2S. The van der Waals surface area contributed by atoms with E-state index < -0.39 is 0 Å². The molecule has 2 N–H and O–H groups in total. The van der Waals surface area contributed by atoms with Crippen molar-refractivity contribution < 1.29 is 9.90 Å². The lowest BCUT2D eigenvalue weighted by atomic mass is 10.2. The Balaban J connectivity index is 2.13. The van der Waals surface area contributed by atoms with Crippen LogP contribution in [0.5, 0.6) is 0 Å². The van der Waals surface area contributed by atoms with E-state index in [1.54, 1.807) is 11.9 Å². The van der Waals surface area contributed by atoms with Crippen molar-refractivity contribution in [3.63, 3.8) is 0 Å². The van der Waals surface area contributed by atoms with E-state index in [9.17, 15) is 4.79 Å². The fourth-order valence-electron chi connectivity index (χ4n) is 1.72. The lowest BCUT2D eigenvalue weighted by Crippen LogP contribution is -2.33. The number of aliphatic hydroxyl groups excluding tert-OH is 1. The van der Waals surface area contributed by atoms with Gasteiger partial charge in [0.25, 0.3) is 5.91 Å². The molecule has 20 heavy (non-hydrogen) atoms. The molecule has 0 unspecified atom stereocenters. The third kappa shape index (κ3) is 3.52. The van der Waals surface area contributed by atoms with Gasteiger partial charge in [0.2, 0.25) is 10.1 Å². The number of anilines is 1. The lowest BCUT2D eigenvalue weighted by Gasteiger charge is -2.20. The van der Waals surface area contributed by atoms with Gasteiger partial charge in [-0.1, -0.05) is 41.7 Å². The molecule has 6 nitrogen and oxygen atoms in total. The van der Waals surface area contributed by atoms with Crippen LogP contribution in [0.3, 0.4) is 0 Å². The topological polar surface area (TPSA) is 78.4 Å². The summed E-state index contributed by atoms with van der Waals surface area (Å²) in [6, 6.07) is 9.64. The van der Waals surface area contributed by atoms with E-state index in [0.717, 1.165) is 5.56 Å². The van der Waals surface area contributed by atoms with Gasteiger partial charge < -0.3 is 15.3 Å². The Labute approximate surface area is 121 Å². The molecule has 0 spiro atoms. The number of aromatic nitrogens is 2.